The molecule has 5 aromatic carbocycles. The number of carbonyl (C=O) groups excluding carboxylic acids is 1. The van der Waals surface area contributed by atoms with Gasteiger partial charge in [0.15, 0.2) is 0 Å². The number of ether oxygens (including phenoxy) is 2. The SMILES string of the molecule is O=C(NS(=O)(=O)c1ccc(NCC2CCOCC2)c([N+](=O)[O-])c1)c1ccc(N2CCN(Cc3cc(CCN4CCCC4)ccc3-c3ccc(Cl)cc3)CC2)cc1Oc1cccc2[nH]ccc12. The number of nitro benzene ring substituents is 1. The maximum Gasteiger partial charge on any atom is 0.293 e. The fourth-order valence-electron chi connectivity index (χ4n) is 9.21. The Morgan fingerprint density at radius 2 is 1.65 bits per heavy atom. The predicted octanol–water partition coefficient (Wildman–Crippen LogP) is 9.11. The zero-order valence-electron chi connectivity index (χ0n) is 36.7. The van der Waals surface area contributed by atoms with E-state index in [4.69, 9.17) is 21.1 Å². The van der Waals surface area contributed by atoms with Gasteiger partial charge in [-0.3, -0.25) is 19.8 Å². The number of carbonyl (C=O) groups is 1. The average molecular weight is 933 g/mol. The number of fused-ring (bicyclic) bond motifs is 1. The van der Waals surface area contributed by atoms with E-state index in [9.17, 15) is 23.3 Å². The summed E-state index contributed by atoms with van der Waals surface area (Å²) in [4.78, 5) is 35.6. The lowest BCUT2D eigenvalue weighted by Crippen LogP contribution is -2.46. The molecule has 0 atom stereocenters. The van der Waals surface area contributed by atoms with Gasteiger partial charge in [0.1, 0.15) is 17.2 Å². The summed E-state index contributed by atoms with van der Waals surface area (Å²) in [5.41, 5.74) is 6.36. The number of hydrogen-bond acceptors (Lipinski definition) is 11. The molecule has 344 valence electrons. The number of rotatable bonds is 16. The molecule has 0 bridgehead atoms. The van der Waals surface area contributed by atoms with Gasteiger partial charge in [-0.25, -0.2) is 13.1 Å². The number of halogens is 1. The molecule has 0 aliphatic carbocycles. The van der Waals surface area contributed by atoms with Crippen molar-refractivity contribution >= 4 is 55.5 Å². The topological polar surface area (TPSA) is 162 Å². The molecule has 0 unspecified atom stereocenters. The maximum absolute atomic E-state index is 14.0. The van der Waals surface area contributed by atoms with Crippen molar-refractivity contribution in [3.63, 3.8) is 0 Å². The normalized spacial score (nSPS) is 16.4. The van der Waals surface area contributed by atoms with Crippen LogP contribution >= 0.6 is 11.6 Å². The van der Waals surface area contributed by atoms with Crippen molar-refractivity contribution in [3.8, 4) is 22.6 Å². The predicted molar refractivity (Wildman–Crippen MR) is 258 cm³/mol. The van der Waals surface area contributed by atoms with Gasteiger partial charge in [0.25, 0.3) is 21.6 Å². The van der Waals surface area contributed by atoms with Crippen molar-refractivity contribution in [2.45, 2.75) is 43.5 Å². The number of piperazine rings is 1. The van der Waals surface area contributed by atoms with Gasteiger partial charge in [-0.2, -0.15) is 0 Å². The van der Waals surface area contributed by atoms with Gasteiger partial charge in [-0.05, 0) is 128 Å². The number of sulfonamides is 1. The van der Waals surface area contributed by atoms with Gasteiger partial charge in [-0.15, -0.1) is 0 Å². The molecule has 3 aliphatic rings. The summed E-state index contributed by atoms with van der Waals surface area (Å²) >= 11 is 6.28. The fourth-order valence-corrected chi connectivity index (χ4v) is 10.3. The first kappa shape index (κ1) is 45.2. The first-order valence-electron chi connectivity index (χ1n) is 22.7. The van der Waals surface area contributed by atoms with Gasteiger partial charge in [0, 0.05) is 99.0 Å². The molecule has 3 aliphatic heterocycles. The number of amides is 1. The Hall–Kier alpha value is -5.97. The summed E-state index contributed by atoms with van der Waals surface area (Å²) < 4.78 is 41.6. The van der Waals surface area contributed by atoms with Crippen LogP contribution in [0.25, 0.3) is 22.0 Å². The molecule has 6 aromatic rings. The van der Waals surface area contributed by atoms with Crippen LogP contribution in [0.4, 0.5) is 17.1 Å². The summed E-state index contributed by atoms with van der Waals surface area (Å²) in [5.74, 6) is -0.0271. The van der Waals surface area contributed by atoms with Gasteiger partial charge < -0.3 is 29.6 Å². The van der Waals surface area contributed by atoms with Crippen LogP contribution in [0.1, 0.15) is 47.2 Å². The minimum absolute atomic E-state index is 0.0166. The van der Waals surface area contributed by atoms with Crippen LogP contribution in [0.2, 0.25) is 5.02 Å². The first-order chi connectivity index (χ1) is 32.1. The quantitative estimate of drug-likeness (QED) is 0.0627. The van der Waals surface area contributed by atoms with E-state index >= 15 is 0 Å². The van der Waals surface area contributed by atoms with Crippen LogP contribution in [0.15, 0.2) is 114 Å². The first-order valence-corrected chi connectivity index (χ1v) is 24.5. The summed E-state index contributed by atoms with van der Waals surface area (Å²) in [6, 6.07) is 31.0. The molecule has 3 N–H and O–H groups in total. The smallest absolute Gasteiger partial charge is 0.293 e. The Kier molecular flexibility index (Phi) is 13.9. The van der Waals surface area contributed by atoms with E-state index in [0.29, 0.717) is 43.6 Å². The number of anilines is 2. The zero-order valence-corrected chi connectivity index (χ0v) is 38.3. The molecular formula is C50H54ClN7O7S. The van der Waals surface area contributed by atoms with Crippen molar-refractivity contribution in [1.82, 2.24) is 19.5 Å². The Morgan fingerprint density at radius 1 is 0.864 bits per heavy atom. The van der Waals surface area contributed by atoms with Crippen LogP contribution in [-0.2, 0) is 27.7 Å². The number of hydrogen-bond donors (Lipinski definition) is 3. The van der Waals surface area contributed by atoms with E-state index in [1.54, 1.807) is 30.5 Å². The van der Waals surface area contributed by atoms with Gasteiger partial charge in [0.2, 0.25) is 0 Å². The maximum atomic E-state index is 14.0. The molecule has 1 aromatic heterocycles. The van der Waals surface area contributed by atoms with Crippen LogP contribution < -0.4 is 19.7 Å². The number of aromatic amines is 1. The third-order valence-electron chi connectivity index (χ3n) is 13.0. The second-order valence-corrected chi connectivity index (χ2v) is 19.5. The molecule has 3 fully saturated rings. The number of aromatic nitrogens is 1. The second-order valence-electron chi connectivity index (χ2n) is 17.3. The molecule has 0 radical (unpaired) electrons. The monoisotopic (exact) mass is 931 g/mol. The van der Waals surface area contributed by atoms with Gasteiger partial charge in [-0.1, -0.05) is 48.0 Å². The Morgan fingerprint density at radius 3 is 2.42 bits per heavy atom. The average Bonchev–Trinajstić information content (AvgIpc) is 4.05. The Labute approximate surface area is 390 Å². The van der Waals surface area contributed by atoms with Crippen LogP contribution in [0.5, 0.6) is 11.5 Å². The largest absolute Gasteiger partial charge is 0.456 e. The van der Waals surface area contributed by atoms with Crippen LogP contribution in [0.3, 0.4) is 0 Å². The number of nitro groups is 1. The summed E-state index contributed by atoms with van der Waals surface area (Å²) in [6.07, 6.45) is 7.00. The minimum Gasteiger partial charge on any atom is -0.456 e. The highest BCUT2D eigenvalue weighted by Crippen LogP contribution is 2.36. The van der Waals surface area contributed by atoms with Crippen LogP contribution in [0, 0.1) is 16.0 Å². The number of benzene rings is 5. The second kappa shape index (κ2) is 20.3. The van der Waals surface area contributed by atoms with E-state index < -0.39 is 31.4 Å². The standard InChI is InChI=1S/C50H54ClN7O7S/c51-39-9-7-37(8-10-39)42-13-6-35(17-23-55-21-1-2-22-55)30-38(42)34-56-24-26-57(27-25-56)40-11-14-44(49(31-40)65-48-5-3-4-45-43(48)16-20-52-45)50(59)54-66(62,63)41-12-15-46(47(32-41)58(60)61)53-33-36-18-28-64-29-19-36/h3-16,20,30-32,36,52-53H,1-2,17-19,21-29,33-34H2,(H,54,59). The minimum atomic E-state index is -4.56. The van der Waals surface area contributed by atoms with Crippen molar-refractivity contribution in [2.24, 2.45) is 5.92 Å². The van der Waals surface area contributed by atoms with E-state index in [0.717, 1.165) is 73.7 Å². The lowest BCUT2D eigenvalue weighted by Gasteiger charge is -2.36. The molecule has 0 spiro atoms. The van der Waals surface area contributed by atoms with Crippen LogP contribution in [-0.4, -0.2) is 99.6 Å². The molecule has 66 heavy (non-hydrogen) atoms. The lowest BCUT2D eigenvalue weighted by molar-refractivity contribution is -0.384. The van der Waals surface area contributed by atoms with Crippen molar-refractivity contribution in [1.29, 1.82) is 0 Å². The van der Waals surface area contributed by atoms with Crippen molar-refractivity contribution in [2.75, 3.05) is 75.8 Å². The highest BCUT2D eigenvalue weighted by Gasteiger charge is 2.28. The van der Waals surface area contributed by atoms with E-state index in [1.807, 2.05) is 30.3 Å². The van der Waals surface area contributed by atoms with E-state index in [2.05, 4.69) is 60.1 Å². The van der Waals surface area contributed by atoms with Crippen molar-refractivity contribution in [3.05, 3.63) is 141 Å². The third-order valence-corrected chi connectivity index (χ3v) is 14.6. The number of nitrogens with zero attached hydrogens (tertiary/aromatic N) is 4. The molecule has 9 rings (SSSR count). The van der Waals surface area contributed by atoms with E-state index in [-0.39, 0.29) is 22.9 Å². The molecule has 14 nitrogen and oxygen atoms in total. The van der Waals surface area contributed by atoms with Gasteiger partial charge in [0.05, 0.1) is 15.4 Å². The third kappa shape index (κ3) is 10.7. The molecule has 3 saturated heterocycles. The van der Waals surface area contributed by atoms with Crippen molar-refractivity contribution < 1.29 is 27.6 Å². The number of H-pyrrole nitrogens is 1. The Balaban J connectivity index is 0.928. The molecular weight excluding hydrogens is 878 g/mol. The van der Waals surface area contributed by atoms with E-state index in [1.165, 1.54) is 54.8 Å². The highest BCUT2D eigenvalue weighted by molar-refractivity contribution is 7.90. The summed E-state index contributed by atoms with van der Waals surface area (Å²) in [6.45, 7) is 8.91. The lowest BCUT2D eigenvalue weighted by atomic mass is 9.96. The number of nitrogens with one attached hydrogen (secondary N) is 3. The zero-order chi connectivity index (χ0) is 45.6. The molecule has 0 saturated carbocycles. The summed E-state index contributed by atoms with van der Waals surface area (Å²) in [7, 11) is -4.56. The Bertz CT molecular complexity index is 2800. The fraction of sp³-hybridized carbons (Fsp3) is 0.340. The highest BCUT2D eigenvalue weighted by atomic mass is 35.5. The van der Waals surface area contributed by atoms with Gasteiger partial charge >= 0.3 is 0 Å². The molecule has 16 heteroatoms. The summed E-state index contributed by atoms with van der Waals surface area (Å²) in [5, 5.41) is 16.7. The molecule has 1 amide bonds. The molecule has 4 heterocycles. The number of likely N-dealkylation sites (tertiary alicyclic amines) is 1.